The number of nitrogens with zero attached hydrogens (tertiary/aromatic N) is 1. The molecule has 2 rings (SSSR count). The first kappa shape index (κ1) is 17.9. The number of rotatable bonds is 9. The third-order valence-electron chi connectivity index (χ3n) is 3.66. The van der Waals surface area contributed by atoms with Gasteiger partial charge in [-0.15, -0.1) is 0 Å². The summed E-state index contributed by atoms with van der Waals surface area (Å²) >= 11 is 0. The van der Waals surface area contributed by atoms with Crippen LogP contribution >= 0.6 is 0 Å². The number of carbonyl (C=O) groups excluding carboxylic acids is 1. The van der Waals surface area contributed by atoms with Gasteiger partial charge in [0.2, 0.25) is 5.91 Å². The monoisotopic (exact) mass is 327 g/mol. The smallest absolute Gasteiger partial charge is 0.222 e. The number of carbonyl (C=O) groups is 1. The molecule has 4 nitrogen and oxygen atoms in total. The van der Waals surface area contributed by atoms with Crippen LogP contribution in [0.25, 0.3) is 0 Å². The molecule has 0 aliphatic rings. The van der Waals surface area contributed by atoms with E-state index in [1.165, 1.54) is 5.56 Å². The zero-order valence-corrected chi connectivity index (χ0v) is 14.4. The highest BCUT2D eigenvalue weighted by atomic mass is 16.5. The van der Waals surface area contributed by atoms with E-state index in [1.807, 2.05) is 61.5 Å². The summed E-state index contributed by atoms with van der Waals surface area (Å²) in [6.07, 6.45) is 1.18. The van der Waals surface area contributed by atoms with Crippen LogP contribution in [0.4, 0.5) is 0 Å². The van der Waals surface area contributed by atoms with Crippen molar-refractivity contribution in [3.8, 4) is 11.5 Å². The van der Waals surface area contributed by atoms with Gasteiger partial charge < -0.3 is 14.4 Å². The lowest BCUT2D eigenvalue weighted by atomic mass is 10.2. The SMILES string of the molecule is Cc1cccc(OCCCC(=O)N(C)CCOc2ccccc2)c1. The third-order valence-corrected chi connectivity index (χ3v) is 3.66. The molecule has 0 N–H and O–H groups in total. The van der Waals surface area contributed by atoms with E-state index in [9.17, 15) is 4.79 Å². The van der Waals surface area contributed by atoms with Gasteiger partial charge in [-0.3, -0.25) is 4.79 Å². The van der Waals surface area contributed by atoms with E-state index in [1.54, 1.807) is 11.9 Å². The van der Waals surface area contributed by atoms with Gasteiger partial charge in [-0.1, -0.05) is 30.3 Å². The summed E-state index contributed by atoms with van der Waals surface area (Å²) in [6.45, 7) is 3.64. The van der Waals surface area contributed by atoms with Crippen molar-refractivity contribution in [2.75, 3.05) is 26.8 Å². The second kappa shape index (κ2) is 9.60. The van der Waals surface area contributed by atoms with Crippen LogP contribution < -0.4 is 9.47 Å². The molecule has 0 heterocycles. The van der Waals surface area contributed by atoms with E-state index in [2.05, 4.69) is 0 Å². The highest BCUT2D eigenvalue weighted by Gasteiger charge is 2.08. The Bertz CT molecular complexity index is 628. The van der Waals surface area contributed by atoms with Gasteiger partial charge in [0.1, 0.15) is 18.1 Å². The molecule has 0 saturated carbocycles. The van der Waals surface area contributed by atoms with Crippen LogP contribution in [0, 0.1) is 6.92 Å². The molecule has 24 heavy (non-hydrogen) atoms. The molecule has 0 radical (unpaired) electrons. The van der Waals surface area contributed by atoms with E-state index in [4.69, 9.17) is 9.47 Å². The van der Waals surface area contributed by atoms with Gasteiger partial charge in [0.05, 0.1) is 13.2 Å². The second-order valence-corrected chi connectivity index (χ2v) is 5.75. The number of para-hydroxylation sites is 1. The largest absolute Gasteiger partial charge is 0.494 e. The molecule has 0 bridgehead atoms. The maximum Gasteiger partial charge on any atom is 0.222 e. The predicted molar refractivity (Wildman–Crippen MR) is 95.5 cm³/mol. The van der Waals surface area contributed by atoms with Gasteiger partial charge in [0.15, 0.2) is 0 Å². The molecule has 2 aromatic rings. The van der Waals surface area contributed by atoms with E-state index in [0.29, 0.717) is 32.6 Å². The van der Waals surface area contributed by atoms with Gasteiger partial charge in [-0.25, -0.2) is 0 Å². The number of hydrogen-bond acceptors (Lipinski definition) is 3. The topological polar surface area (TPSA) is 38.8 Å². The normalized spacial score (nSPS) is 10.2. The van der Waals surface area contributed by atoms with Crippen LogP contribution in [0.3, 0.4) is 0 Å². The molecule has 0 spiro atoms. The number of benzene rings is 2. The number of amides is 1. The van der Waals surface area contributed by atoms with E-state index in [-0.39, 0.29) is 5.91 Å². The van der Waals surface area contributed by atoms with Crippen molar-refractivity contribution in [1.82, 2.24) is 4.90 Å². The average Bonchev–Trinajstić information content (AvgIpc) is 2.59. The Morgan fingerprint density at radius 1 is 0.958 bits per heavy atom. The first-order valence-electron chi connectivity index (χ1n) is 8.26. The first-order valence-corrected chi connectivity index (χ1v) is 8.26. The van der Waals surface area contributed by atoms with Gasteiger partial charge >= 0.3 is 0 Å². The van der Waals surface area contributed by atoms with Crippen molar-refractivity contribution < 1.29 is 14.3 Å². The lowest BCUT2D eigenvalue weighted by molar-refractivity contribution is -0.130. The molecule has 0 aliphatic heterocycles. The zero-order chi connectivity index (χ0) is 17.2. The minimum atomic E-state index is 0.111. The molecular formula is C20H25NO3. The Balaban J connectivity index is 1.59. The molecule has 128 valence electrons. The number of likely N-dealkylation sites (N-methyl/N-ethyl adjacent to an activating group) is 1. The molecule has 0 aliphatic carbocycles. The Morgan fingerprint density at radius 2 is 1.67 bits per heavy atom. The van der Waals surface area contributed by atoms with Crippen LogP contribution in [0.15, 0.2) is 54.6 Å². The molecule has 0 atom stereocenters. The van der Waals surface area contributed by atoms with E-state index >= 15 is 0 Å². The molecule has 4 heteroatoms. The molecule has 0 fully saturated rings. The lowest BCUT2D eigenvalue weighted by Crippen LogP contribution is -2.30. The van der Waals surface area contributed by atoms with Crippen LogP contribution in [-0.2, 0) is 4.79 Å². The van der Waals surface area contributed by atoms with Crippen molar-refractivity contribution in [2.24, 2.45) is 0 Å². The summed E-state index contributed by atoms with van der Waals surface area (Å²) < 4.78 is 11.3. The molecular weight excluding hydrogens is 302 g/mol. The maximum atomic E-state index is 12.1. The predicted octanol–water partition coefficient (Wildman–Crippen LogP) is 3.69. The number of aryl methyl sites for hydroxylation is 1. The second-order valence-electron chi connectivity index (χ2n) is 5.75. The van der Waals surface area contributed by atoms with Crippen LogP contribution in [0.5, 0.6) is 11.5 Å². The summed E-state index contributed by atoms with van der Waals surface area (Å²) in [5.41, 5.74) is 1.17. The highest BCUT2D eigenvalue weighted by molar-refractivity contribution is 5.75. The van der Waals surface area contributed by atoms with Crippen molar-refractivity contribution in [3.05, 3.63) is 60.2 Å². The Morgan fingerprint density at radius 3 is 2.42 bits per heavy atom. The summed E-state index contributed by atoms with van der Waals surface area (Å²) in [5, 5.41) is 0. The van der Waals surface area contributed by atoms with Gasteiger partial charge in [0.25, 0.3) is 0 Å². The number of hydrogen-bond donors (Lipinski definition) is 0. The van der Waals surface area contributed by atoms with Crippen molar-refractivity contribution in [2.45, 2.75) is 19.8 Å². The summed E-state index contributed by atoms with van der Waals surface area (Å²) in [6, 6.07) is 17.5. The van der Waals surface area contributed by atoms with E-state index in [0.717, 1.165) is 11.5 Å². The Labute approximate surface area is 144 Å². The lowest BCUT2D eigenvalue weighted by Gasteiger charge is -2.17. The highest BCUT2D eigenvalue weighted by Crippen LogP contribution is 2.13. The van der Waals surface area contributed by atoms with Crippen molar-refractivity contribution in [3.63, 3.8) is 0 Å². The quantitative estimate of drug-likeness (QED) is 0.659. The maximum absolute atomic E-state index is 12.1. The fourth-order valence-electron chi connectivity index (χ4n) is 2.25. The standard InChI is InChI=1S/C20H25NO3/c1-17-8-6-11-19(16-17)23-14-7-12-20(22)21(2)13-15-24-18-9-4-3-5-10-18/h3-6,8-11,16H,7,12-15H2,1-2H3. The number of ether oxygens (including phenoxy) is 2. The van der Waals surface area contributed by atoms with Crippen molar-refractivity contribution >= 4 is 5.91 Å². The first-order chi connectivity index (χ1) is 11.6. The molecule has 0 unspecified atom stereocenters. The summed E-state index contributed by atoms with van der Waals surface area (Å²) in [4.78, 5) is 13.8. The van der Waals surface area contributed by atoms with Crippen LogP contribution in [0.1, 0.15) is 18.4 Å². The van der Waals surface area contributed by atoms with Gasteiger partial charge in [-0.2, -0.15) is 0 Å². The van der Waals surface area contributed by atoms with Crippen LogP contribution in [-0.4, -0.2) is 37.6 Å². The summed E-state index contributed by atoms with van der Waals surface area (Å²) in [5.74, 6) is 1.79. The Kier molecular flexibility index (Phi) is 7.15. The van der Waals surface area contributed by atoms with Gasteiger partial charge in [0, 0.05) is 13.5 Å². The minimum Gasteiger partial charge on any atom is -0.494 e. The van der Waals surface area contributed by atoms with Gasteiger partial charge in [-0.05, 0) is 43.2 Å². The third kappa shape index (κ3) is 6.32. The van der Waals surface area contributed by atoms with Crippen molar-refractivity contribution in [1.29, 1.82) is 0 Å². The summed E-state index contributed by atoms with van der Waals surface area (Å²) in [7, 11) is 1.80. The molecule has 2 aromatic carbocycles. The molecule has 1 amide bonds. The molecule has 0 aromatic heterocycles. The Hall–Kier alpha value is -2.49. The minimum absolute atomic E-state index is 0.111. The zero-order valence-electron chi connectivity index (χ0n) is 14.4. The fourth-order valence-corrected chi connectivity index (χ4v) is 2.25. The van der Waals surface area contributed by atoms with Crippen LogP contribution in [0.2, 0.25) is 0 Å². The van der Waals surface area contributed by atoms with E-state index < -0.39 is 0 Å². The molecule has 0 saturated heterocycles. The fraction of sp³-hybridized carbons (Fsp3) is 0.350. The average molecular weight is 327 g/mol.